The molecule has 12 nitrogen and oxygen atoms in total. The van der Waals surface area contributed by atoms with Crippen molar-refractivity contribution in [1.82, 2.24) is 0 Å². The first-order valence-corrected chi connectivity index (χ1v) is 18.2. The summed E-state index contributed by atoms with van der Waals surface area (Å²) in [5, 5.41) is 92.1. The average molecular weight is 717 g/mol. The first-order chi connectivity index (χ1) is 23.5. The number of allylic oxidation sites excluding steroid dienone is 2. The molecule has 1 rings (SSSR count). The van der Waals surface area contributed by atoms with E-state index in [1.165, 1.54) is 0 Å². The fraction of sp³-hybridized carbons (Fsp3) is 0.789. The van der Waals surface area contributed by atoms with E-state index in [9.17, 15) is 46.0 Å². The van der Waals surface area contributed by atoms with E-state index in [1.807, 2.05) is 52.0 Å². The molecule has 9 unspecified atom stereocenters. The summed E-state index contributed by atoms with van der Waals surface area (Å²) >= 11 is 0. The van der Waals surface area contributed by atoms with Gasteiger partial charge in [-0.05, 0) is 108 Å². The molecule has 1 aromatic rings. The van der Waals surface area contributed by atoms with Gasteiger partial charge in [0.1, 0.15) is 17.3 Å². The molecule has 0 amide bonds. The Bertz CT molecular complexity index is 1030. The highest BCUT2D eigenvalue weighted by Gasteiger charge is 2.25. The molecule has 0 saturated carbocycles. The summed E-state index contributed by atoms with van der Waals surface area (Å²) in [5.74, 6) is 2.68. The maximum atomic E-state index is 10.8. The molecule has 0 aromatic heterocycles. The van der Waals surface area contributed by atoms with Gasteiger partial charge in [-0.1, -0.05) is 39.8 Å². The van der Waals surface area contributed by atoms with E-state index in [1.54, 1.807) is 0 Å². The predicted octanol–water partition coefficient (Wildman–Crippen LogP) is 3.31. The van der Waals surface area contributed by atoms with Gasteiger partial charge in [-0.15, -0.1) is 0 Å². The van der Waals surface area contributed by atoms with Gasteiger partial charge < -0.3 is 60.2 Å². The fourth-order valence-electron chi connectivity index (χ4n) is 5.72. The van der Waals surface area contributed by atoms with Gasteiger partial charge in [-0.3, -0.25) is 0 Å². The van der Waals surface area contributed by atoms with Crippen LogP contribution in [0.1, 0.15) is 111 Å². The van der Waals surface area contributed by atoms with Gasteiger partial charge in [0, 0.05) is 6.61 Å². The zero-order chi connectivity index (χ0) is 37.8. The van der Waals surface area contributed by atoms with E-state index in [0.717, 1.165) is 5.56 Å². The van der Waals surface area contributed by atoms with E-state index in [-0.39, 0.29) is 76.9 Å². The molecule has 9 N–H and O–H groups in total. The van der Waals surface area contributed by atoms with Crippen molar-refractivity contribution in [2.45, 2.75) is 167 Å². The maximum Gasteiger partial charge on any atom is 0.138 e. The minimum Gasteiger partial charge on any atom is -0.494 e. The lowest BCUT2D eigenvalue weighted by molar-refractivity contribution is -0.0387. The predicted molar refractivity (Wildman–Crippen MR) is 191 cm³/mol. The lowest BCUT2D eigenvalue weighted by Crippen LogP contribution is -2.31. The molecular weight excluding hydrogens is 648 g/mol. The molecule has 0 heterocycles. The summed E-state index contributed by atoms with van der Waals surface area (Å²) < 4.78 is 17.7. The summed E-state index contributed by atoms with van der Waals surface area (Å²) in [6.45, 7) is 12.4. The van der Waals surface area contributed by atoms with Gasteiger partial charge in [0.15, 0.2) is 0 Å². The molecule has 0 aliphatic heterocycles. The highest BCUT2D eigenvalue weighted by Crippen LogP contribution is 2.22. The Labute approximate surface area is 299 Å². The van der Waals surface area contributed by atoms with Gasteiger partial charge in [-0.2, -0.15) is 0 Å². The first kappa shape index (κ1) is 46.2. The monoisotopic (exact) mass is 716 g/mol. The average Bonchev–Trinajstić information content (AvgIpc) is 2.98. The third-order valence-corrected chi connectivity index (χ3v) is 8.35. The highest BCUT2D eigenvalue weighted by atomic mass is 16.5. The Hall–Kier alpha value is -1.84. The number of hydrogen-bond acceptors (Lipinski definition) is 12. The van der Waals surface area contributed by atoms with Crippen LogP contribution in [0.2, 0.25) is 0 Å². The normalized spacial score (nSPS) is 18.2. The van der Waals surface area contributed by atoms with Gasteiger partial charge in [0.2, 0.25) is 0 Å². The number of ether oxygens (including phenoxy) is 3. The molecular formula is C38H68O12. The lowest BCUT2D eigenvalue weighted by Gasteiger charge is -2.25. The number of rotatable bonds is 28. The largest absolute Gasteiger partial charge is 0.494 e. The minimum atomic E-state index is -1.10. The molecule has 0 bridgehead atoms. The molecule has 0 saturated heterocycles. The van der Waals surface area contributed by atoms with Crippen molar-refractivity contribution in [2.75, 3.05) is 13.2 Å². The van der Waals surface area contributed by atoms with Crippen molar-refractivity contribution in [3.05, 3.63) is 41.3 Å². The highest BCUT2D eigenvalue weighted by molar-refractivity contribution is 5.28. The summed E-state index contributed by atoms with van der Waals surface area (Å²) in [6.07, 6.45) is -7.66. The van der Waals surface area contributed by atoms with Crippen LogP contribution in [0.25, 0.3) is 0 Å². The summed E-state index contributed by atoms with van der Waals surface area (Å²) in [5.41, 5.74) is 0.841. The quantitative estimate of drug-likeness (QED) is 0.0573. The number of benzene rings is 1. The summed E-state index contributed by atoms with van der Waals surface area (Å²) in [4.78, 5) is 0. The van der Waals surface area contributed by atoms with Crippen LogP contribution in [-0.2, 0) is 16.1 Å². The Kier molecular flexibility index (Phi) is 23.3. The van der Waals surface area contributed by atoms with Crippen molar-refractivity contribution in [3.8, 4) is 5.75 Å². The van der Waals surface area contributed by atoms with E-state index in [2.05, 4.69) is 13.8 Å². The Balaban J connectivity index is 2.60. The number of aliphatic hydroxyl groups excluding tert-OH is 9. The molecule has 0 radical (unpaired) electrons. The van der Waals surface area contributed by atoms with Crippen molar-refractivity contribution >= 4 is 0 Å². The molecule has 0 fully saturated rings. The molecule has 292 valence electrons. The third kappa shape index (κ3) is 22.2. The molecule has 0 aliphatic rings. The molecule has 0 aliphatic carbocycles. The Morgan fingerprint density at radius 2 is 0.960 bits per heavy atom. The first-order valence-electron chi connectivity index (χ1n) is 18.2. The van der Waals surface area contributed by atoms with Crippen LogP contribution >= 0.6 is 0 Å². The zero-order valence-corrected chi connectivity index (χ0v) is 31.1. The van der Waals surface area contributed by atoms with Crippen LogP contribution in [-0.4, -0.2) is 114 Å². The van der Waals surface area contributed by atoms with Crippen LogP contribution in [0, 0.1) is 11.8 Å². The van der Waals surface area contributed by atoms with Crippen LogP contribution in [0.4, 0.5) is 0 Å². The van der Waals surface area contributed by atoms with Crippen molar-refractivity contribution < 1.29 is 60.2 Å². The van der Waals surface area contributed by atoms with Crippen molar-refractivity contribution in [2.24, 2.45) is 11.8 Å². The smallest absolute Gasteiger partial charge is 0.138 e. The van der Waals surface area contributed by atoms with Crippen molar-refractivity contribution in [1.29, 1.82) is 0 Å². The lowest BCUT2D eigenvalue weighted by atomic mass is 9.94. The maximum absolute atomic E-state index is 10.8. The van der Waals surface area contributed by atoms with E-state index in [0.29, 0.717) is 36.2 Å². The standard InChI is InChI=1S/C38H68O12/c1-24(2)13-30(41)14-31(42)15-32(43)16-33(44)17-34(45)18-35(46)19-36(47)21-38(20-29(40)11-12-39)49-23-28-7-9-37(10-8-28)50-27(6)26(5)48-22-25(3)4/h7-10,24-25,29-36,38-47H,11-23H2,1-6H3. The summed E-state index contributed by atoms with van der Waals surface area (Å²) in [6, 6.07) is 7.32. The van der Waals surface area contributed by atoms with E-state index < -0.39 is 54.9 Å². The van der Waals surface area contributed by atoms with Gasteiger partial charge in [-0.25, -0.2) is 0 Å². The van der Waals surface area contributed by atoms with Crippen LogP contribution in [0.3, 0.4) is 0 Å². The Morgan fingerprint density at radius 3 is 1.38 bits per heavy atom. The third-order valence-electron chi connectivity index (χ3n) is 8.35. The van der Waals surface area contributed by atoms with Crippen LogP contribution in [0.15, 0.2) is 35.8 Å². The summed E-state index contributed by atoms with van der Waals surface area (Å²) in [7, 11) is 0. The molecule has 50 heavy (non-hydrogen) atoms. The molecule has 1 aromatic carbocycles. The second kappa shape index (κ2) is 25.2. The minimum absolute atomic E-state index is 0.0153. The van der Waals surface area contributed by atoms with Gasteiger partial charge >= 0.3 is 0 Å². The molecule has 0 spiro atoms. The van der Waals surface area contributed by atoms with E-state index in [4.69, 9.17) is 14.2 Å². The van der Waals surface area contributed by atoms with E-state index >= 15 is 0 Å². The van der Waals surface area contributed by atoms with Gasteiger partial charge in [0.25, 0.3) is 0 Å². The SMILES string of the molecule is CC(OCC(C)C)=C(C)Oc1ccc(COC(CC(O)CCO)CC(O)CC(O)CC(O)CC(O)CC(O)CC(O)CC(O)CC(C)C)cc1. The second-order valence-electron chi connectivity index (χ2n) is 14.8. The zero-order valence-electron chi connectivity index (χ0n) is 31.1. The molecule has 9 atom stereocenters. The molecule has 12 heteroatoms. The van der Waals surface area contributed by atoms with Crippen molar-refractivity contribution in [3.63, 3.8) is 0 Å². The number of hydrogen-bond donors (Lipinski definition) is 9. The Morgan fingerprint density at radius 1 is 0.540 bits per heavy atom. The topological polar surface area (TPSA) is 210 Å². The fourth-order valence-corrected chi connectivity index (χ4v) is 5.72. The van der Waals surface area contributed by atoms with Gasteiger partial charge in [0.05, 0.1) is 68.1 Å². The number of aliphatic hydroxyl groups is 9. The van der Waals surface area contributed by atoms with Crippen LogP contribution in [0.5, 0.6) is 5.75 Å². The van der Waals surface area contributed by atoms with Crippen LogP contribution < -0.4 is 4.74 Å². The second-order valence-corrected chi connectivity index (χ2v) is 14.8.